The van der Waals surface area contributed by atoms with Crippen molar-refractivity contribution in [3.63, 3.8) is 0 Å². The third-order valence-electron chi connectivity index (χ3n) is 6.41. The molecular formula is C27H34N4O3. The number of carbonyl (C=O) groups excluding carboxylic acids is 1. The van der Waals surface area contributed by atoms with Gasteiger partial charge in [0.15, 0.2) is 0 Å². The Morgan fingerprint density at radius 2 is 1.79 bits per heavy atom. The van der Waals surface area contributed by atoms with Gasteiger partial charge in [-0.05, 0) is 68.3 Å². The van der Waals surface area contributed by atoms with Gasteiger partial charge < -0.3 is 18.9 Å². The van der Waals surface area contributed by atoms with Gasteiger partial charge in [-0.15, -0.1) is 0 Å². The number of benzene rings is 1. The molecule has 3 aromatic rings. The predicted octanol–water partition coefficient (Wildman–Crippen LogP) is 3.86. The van der Waals surface area contributed by atoms with Crippen molar-refractivity contribution in [2.24, 2.45) is 0 Å². The molecule has 1 aliphatic heterocycles. The van der Waals surface area contributed by atoms with Crippen LogP contribution in [0.2, 0.25) is 0 Å². The second kappa shape index (κ2) is 11.3. The minimum absolute atomic E-state index is 0.0617. The number of aromatic nitrogens is 2. The van der Waals surface area contributed by atoms with Crippen molar-refractivity contribution in [1.29, 1.82) is 0 Å². The fourth-order valence-corrected chi connectivity index (χ4v) is 4.55. The van der Waals surface area contributed by atoms with Crippen molar-refractivity contribution in [3.05, 3.63) is 77.4 Å². The van der Waals surface area contributed by atoms with Crippen LogP contribution in [0.1, 0.15) is 33.7 Å². The van der Waals surface area contributed by atoms with E-state index < -0.39 is 0 Å². The average Bonchev–Trinajstić information content (AvgIpc) is 3.18. The highest BCUT2D eigenvalue weighted by molar-refractivity contribution is 5.96. The van der Waals surface area contributed by atoms with Crippen LogP contribution < -0.4 is 4.74 Å². The fourth-order valence-electron chi connectivity index (χ4n) is 4.55. The first-order valence-electron chi connectivity index (χ1n) is 11.9. The molecule has 1 saturated heterocycles. The second-order valence-corrected chi connectivity index (χ2v) is 8.71. The largest absolute Gasteiger partial charge is 0.497 e. The van der Waals surface area contributed by atoms with E-state index in [1.807, 2.05) is 61.2 Å². The van der Waals surface area contributed by atoms with Crippen molar-refractivity contribution < 1.29 is 14.3 Å². The Morgan fingerprint density at radius 3 is 2.47 bits per heavy atom. The standard InChI is InChI=1S/C27H34N4O3/c1-21-19-26(22(2)31(21)24-5-7-25(33-3)8-6-24)27(32)30(20-23-9-11-28-12-10-23)14-4-13-29-15-17-34-18-16-29/h5-12,19H,4,13-18,20H2,1-3H3. The number of methoxy groups -OCH3 is 1. The van der Waals surface area contributed by atoms with E-state index >= 15 is 0 Å². The van der Waals surface area contributed by atoms with Crippen molar-refractivity contribution in [1.82, 2.24) is 19.4 Å². The van der Waals surface area contributed by atoms with E-state index in [4.69, 9.17) is 9.47 Å². The molecule has 3 heterocycles. The van der Waals surface area contributed by atoms with E-state index in [2.05, 4.69) is 14.5 Å². The van der Waals surface area contributed by atoms with Crippen LogP contribution in [0.4, 0.5) is 0 Å². The minimum atomic E-state index is 0.0617. The second-order valence-electron chi connectivity index (χ2n) is 8.71. The molecular weight excluding hydrogens is 428 g/mol. The summed E-state index contributed by atoms with van der Waals surface area (Å²) < 4.78 is 12.9. The summed E-state index contributed by atoms with van der Waals surface area (Å²) in [5, 5.41) is 0. The third kappa shape index (κ3) is 5.66. The molecule has 1 aromatic carbocycles. The number of aryl methyl sites for hydroxylation is 1. The number of carbonyl (C=O) groups is 1. The molecule has 7 heteroatoms. The Labute approximate surface area is 201 Å². The summed E-state index contributed by atoms with van der Waals surface area (Å²) >= 11 is 0. The van der Waals surface area contributed by atoms with Crippen molar-refractivity contribution in [3.8, 4) is 11.4 Å². The molecule has 2 aromatic heterocycles. The van der Waals surface area contributed by atoms with Crippen LogP contribution in [0.3, 0.4) is 0 Å². The zero-order valence-corrected chi connectivity index (χ0v) is 20.4. The van der Waals surface area contributed by atoms with Gasteiger partial charge in [0.25, 0.3) is 5.91 Å². The number of hydrogen-bond donors (Lipinski definition) is 0. The van der Waals surface area contributed by atoms with Crippen LogP contribution in [-0.4, -0.2) is 71.8 Å². The van der Waals surface area contributed by atoms with Gasteiger partial charge in [0, 0.05) is 62.2 Å². The van der Waals surface area contributed by atoms with E-state index in [0.29, 0.717) is 13.1 Å². The minimum Gasteiger partial charge on any atom is -0.497 e. The summed E-state index contributed by atoms with van der Waals surface area (Å²) in [6.45, 7) is 9.79. The van der Waals surface area contributed by atoms with Gasteiger partial charge in [0.2, 0.25) is 0 Å². The van der Waals surface area contributed by atoms with Crippen LogP contribution in [0.15, 0.2) is 54.9 Å². The lowest BCUT2D eigenvalue weighted by Gasteiger charge is -2.28. The molecule has 0 saturated carbocycles. The predicted molar refractivity (Wildman–Crippen MR) is 133 cm³/mol. The van der Waals surface area contributed by atoms with Crippen molar-refractivity contribution in [2.75, 3.05) is 46.5 Å². The van der Waals surface area contributed by atoms with Gasteiger partial charge in [-0.2, -0.15) is 0 Å². The van der Waals surface area contributed by atoms with E-state index in [9.17, 15) is 4.79 Å². The van der Waals surface area contributed by atoms with Crippen LogP contribution >= 0.6 is 0 Å². The molecule has 0 spiro atoms. The number of hydrogen-bond acceptors (Lipinski definition) is 5. The molecule has 34 heavy (non-hydrogen) atoms. The molecule has 0 bridgehead atoms. The summed E-state index contributed by atoms with van der Waals surface area (Å²) in [5.41, 5.74) is 4.82. The maximum absolute atomic E-state index is 13.8. The molecule has 7 nitrogen and oxygen atoms in total. The van der Waals surface area contributed by atoms with E-state index in [1.54, 1.807) is 19.5 Å². The zero-order chi connectivity index (χ0) is 23.9. The molecule has 1 amide bonds. The number of morpholine rings is 1. The molecule has 180 valence electrons. The highest BCUT2D eigenvalue weighted by Crippen LogP contribution is 2.24. The van der Waals surface area contributed by atoms with Gasteiger partial charge >= 0.3 is 0 Å². The topological polar surface area (TPSA) is 59.8 Å². The van der Waals surface area contributed by atoms with Crippen LogP contribution in [0.25, 0.3) is 5.69 Å². The highest BCUT2D eigenvalue weighted by atomic mass is 16.5. The monoisotopic (exact) mass is 462 g/mol. The quantitative estimate of drug-likeness (QED) is 0.483. The number of ether oxygens (including phenoxy) is 2. The first-order valence-corrected chi connectivity index (χ1v) is 11.9. The van der Waals surface area contributed by atoms with E-state index in [1.165, 1.54) is 0 Å². The smallest absolute Gasteiger partial charge is 0.255 e. The summed E-state index contributed by atoms with van der Waals surface area (Å²) in [4.78, 5) is 22.3. The Bertz CT molecular complexity index is 1070. The van der Waals surface area contributed by atoms with Gasteiger partial charge in [-0.3, -0.25) is 14.7 Å². The van der Waals surface area contributed by atoms with Crippen molar-refractivity contribution in [2.45, 2.75) is 26.8 Å². The number of nitrogens with zero attached hydrogens (tertiary/aromatic N) is 4. The van der Waals surface area contributed by atoms with Gasteiger partial charge in [0.05, 0.1) is 25.9 Å². The van der Waals surface area contributed by atoms with Crippen LogP contribution in [-0.2, 0) is 11.3 Å². The maximum Gasteiger partial charge on any atom is 0.255 e. The van der Waals surface area contributed by atoms with Gasteiger partial charge in [-0.25, -0.2) is 0 Å². The zero-order valence-electron chi connectivity index (χ0n) is 20.4. The Balaban J connectivity index is 1.54. The van der Waals surface area contributed by atoms with Crippen molar-refractivity contribution >= 4 is 5.91 Å². The maximum atomic E-state index is 13.8. The molecule has 0 unspecified atom stereocenters. The summed E-state index contributed by atoms with van der Waals surface area (Å²) in [5.74, 6) is 0.873. The summed E-state index contributed by atoms with van der Waals surface area (Å²) in [6.07, 6.45) is 4.48. The Kier molecular flexibility index (Phi) is 7.98. The van der Waals surface area contributed by atoms with E-state index in [0.717, 1.165) is 73.2 Å². The summed E-state index contributed by atoms with van der Waals surface area (Å²) in [6, 6.07) is 13.9. The fraction of sp³-hybridized carbons (Fsp3) is 0.407. The molecule has 0 radical (unpaired) electrons. The normalized spacial score (nSPS) is 14.2. The Hall–Kier alpha value is -3.16. The van der Waals surface area contributed by atoms with Crippen LogP contribution in [0, 0.1) is 13.8 Å². The number of amides is 1. The molecule has 0 aliphatic carbocycles. The lowest BCUT2D eigenvalue weighted by Crippen LogP contribution is -2.39. The first-order chi connectivity index (χ1) is 16.6. The highest BCUT2D eigenvalue weighted by Gasteiger charge is 2.23. The Morgan fingerprint density at radius 1 is 1.09 bits per heavy atom. The third-order valence-corrected chi connectivity index (χ3v) is 6.41. The van der Waals surface area contributed by atoms with Gasteiger partial charge in [0.1, 0.15) is 5.75 Å². The van der Waals surface area contributed by atoms with Gasteiger partial charge in [-0.1, -0.05) is 0 Å². The lowest BCUT2D eigenvalue weighted by molar-refractivity contribution is 0.0355. The lowest BCUT2D eigenvalue weighted by atomic mass is 10.1. The SMILES string of the molecule is COc1ccc(-n2c(C)cc(C(=O)N(CCCN3CCOCC3)Cc3ccncc3)c2C)cc1. The molecule has 0 N–H and O–H groups in total. The molecule has 4 rings (SSSR count). The number of rotatable bonds is 9. The van der Waals surface area contributed by atoms with Crippen LogP contribution in [0.5, 0.6) is 5.75 Å². The average molecular weight is 463 g/mol. The van der Waals surface area contributed by atoms with E-state index in [-0.39, 0.29) is 5.91 Å². The molecule has 1 aliphatic rings. The molecule has 1 fully saturated rings. The first kappa shape index (κ1) is 24.0. The number of pyridine rings is 1. The molecule has 0 atom stereocenters. The summed E-state index contributed by atoms with van der Waals surface area (Å²) in [7, 11) is 1.66.